The lowest BCUT2D eigenvalue weighted by molar-refractivity contribution is 0.0439. The van der Waals surface area contributed by atoms with Crippen molar-refractivity contribution in [2.45, 2.75) is 6.61 Å². The van der Waals surface area contributed by atoms with Gasteiger partial charge in [0.1, 0.15) is 6.33 Å². The van der Waals surface area contributed by atoms with E-state index in [4.69, 9.17) is 20.8 Å². The molecule has 0 atom stereocenters. The Morgan fingerprint density at radius 1 is 1.19 bits per heavy atom. The summed E-state index contributed by atoms with van der Waals surface area (Å²) in [4.78, 5) is 16.4. The molecule has 0 aliphatic rings. The molecule has 2 aromatic heterocycles. The zero-order valence-electron chi connectivity index (χ0n) is 13.8. The molecule has 0 radical (unpaired) electrons. The van der Waals surface area contributed by atoms with Gasteiger partial charge in [0.2, 0.25) is 5.89 Å². The number of halogens is 1. The molecule has 27 heavy (non-hydrogen) atoms. The van der Waals surface area contributed by atoms with Crippen molar-refractivity contribution in [3.63, 3.8) is 0 Å². The predicted molar refractivity (Wildman–Crippen MR) is 95.2 cm³/mol. The van der Waals surface area contributed by atoms with E-state index in [-0.39, 0.29) is 6.61 Å². The van der Waals surface area contributed by atoms with Gasteiger partial charge in [0.25, 0.3) is 0 Å². The third-order valence-electron chi connectivity index (χ3n) is 3.70. The van der Waals surface area contributed by atoms with E-state index in [0.29, 0.717) is 27.9 Å². The Balaban J connectivity index is 1.43. The highest BCUT2D eigenvalue weighted by atomic mass is 35.5. The summed E-state index contributed by atoms with van der Waals surface area (Å²) in [6, 6.07) is 13.9. The van der Waals surface area contributed by atoms with Crippen LogP contribution in [0.3, 0.4) is 0 Å². The molecule has 0 saturated carbocycles. The maximum atomic E-state index is 12.3. The topological polar surface area (TPSA) is 95.9 Å². The van der Waals surface area contributed by atoms with Crippen LogP contribution in [0.5, 0.6) is 0 Å². The number of hydrogen-bond donors (Lipinski definition) is 0. The summed E-state index contributed by atoms with van der Waals surface area (Å²) in [6.07, 6.45) is 3.01. The van der Waals surface area contributed by atoms with Crippen LogP contribution in [-0.4, -0.2) is 31.2 Å². The number of oxazole rings is 1. The van der Waals surface area contributed by atoms with Gasteiger partial charge in [-0.2, -0.15) is 0 Å². The van der Waals surface area contributed by atoms with E-state index in [0.717, 1.165) is 5.56 Å². The molecule has 4 rings (SSSR count). The summed E-state index contributed by atoms with van der Waals surface area (Å²) in [5.41, 5.74) is 1.85. The third-order valence-corrected chi connectivity index (χ3v) is 3.96. The van der Waals surface area contributed by atoms with Crippen LogP contribution in [-0.2, 0) is 11.3 Å². The van der Waals surface area contributed by atoms with Crippen LogP contribution in [0, 0.1) is 0 Å². The summed E-state index contributed by atoms with van der Waals surface area (Å²) in [7, 11) is 0. The highest BCUT2D eigenvalue weighted by Gasteiger charge is 2.12. The third kappa shape index (κ3) is 3.85. The SMILES string of the molecule is O=C(OCc1ncc(-c2ccc(Cl)cc2)o1)c1cccc(-n2cnnn2)c1. The second-order valence-electron chi connectivity index (χ2n) is 5.51. The van der Waals surface area contributed by atoms with Crippen molar-refractivity contribution in [1.82, 2.24) is 25.2 Å². The van der Waals surface area contributed by atoms with Crippen molar-refractivity contribution < 1.29 is 13.9 Å². The van der Waals surface area contributed by atoms with E-state index in [9.17, 15) is 4.79 Å². The molecule has 0 aliphatic carbocycles. The molecule has 134 valence electrons. The molecule has 0 fully saturated rings. The monoisotopic (exact) mass is 381 g/mol. The zero-order valence-corrected chi connectivity index (χ0v) is 14.6. The van der Waals surface area contributed by atoms with Crippen molar-refractivity contribution in [2.24, 2.45) is 0 Å². The molecule has 4 aromatic rings. The van der Waals surface area contributed by atoms with E-state index in [1.165, 1.54) is 11.0 Å². The van der Waals surface area contributed by atoms with Gasteiger partial charge in [0.15, 0.2) is 12.4 Å². The minimum absolute atomic E-state index is 0.0818. The first-order valence-corrected chi connectivity index (χ1v) is 8.28. The number of benzene rings is 2. The first kappa shape index (κ1) is 16.9. The number of carbonyl (C=O) groups is 1. The van der Waals surface area contributed by atoms with E-state index in [1.807, 2.05) is 12.1 Å². The van der Waals surface area contributed by atoms with Gasteiger partial charge < -0.3 is 9.15 Å². The molecule has 0 amide bonds. The Labute approximate surface area is 158 Å². The molecular weight excluding hydrogens is 370 g/mol. The summed E-state index contributed by atoms with van der Waals surface area (Å²) in [5.74, 6) is 0.361. The Hall–Kier alpha value is -3.52. The Kier molecular flexibility index (Phi) is 4.63. The molecule has 2 aromatic carbocycles. The van der Waals surface area contributed by atoms with Gasteiger partial charge in [-0.1, -0.05) is 17.7 Å². The maximum Gasteiger partial charge on any atom is 0.338 e. The van der Waals surface area contributed by atoms with E-state index >= 15 is 0 Å². The molecule has 8 nitrogen and oxygen atoms in total. The normalized spacial score (nSPS) is 10.7. The van der Waals surface area contributed by atoms with E-state index < -0.39 is 5.97 Å². The number of aromatic nitrogens is 5. The lowest BCUT2D eigenvalue weighted by Crippen LogP contribution is -2.06. The zero-order chi connectivity index (χ0) is 18.6. The Bertz CT molecular complexity index is 1060. The van der Waals surface area contributed by atoms with Crippen molar-refractivity contribution in [2.75, 3.05) is 0 Å². The fraction of sp³-hybridized carbons (Fsp3) is 0.0556. The minimum atomic E-state index is -0.504. The number of rotatable bonds is 5. The van der Waals surface area contributed by atoms with Crippen LogP contribution < -0.4 is 0 Å². The maximum absolute atomic E-state index is 12.3. The van der Waals surface area contributed by atoms with Crippen molar-refractivity contribution in [3.8, 4) is 17.0 Å². The molecule has 9 heteroatoms. The van der Waals surface area contributed by atoms with Crippen LogP contribution in [0.2, 0.25) is 5.02 Å². The quantitative estimate of drug-likeness (QED) is 0.489. The van der Waals surface area contributed by atoms with E-state index in [1.54, 1.807) is 42.6 Å². The number of hydrogen-bond acceptors (Lipinski definition) is 7. The highest BCUT2D eigenvalue weighted by molar-refractivity contribution is 6.30. The largest absolute Gasteiger partial charge is 0.452 e. The van der Waals surface area contributed by atoms with Gasteiger partial charge in [-0.05, 0) is 52.9 Å². The number of esters is 1. The number of tetrazole rings is 1. The molecule has 0 spiro atoms. The molecular formula is C18H12ClN5O3. The number of carbonyl (C=O) groups excluding carboxylic acids is 1. The van der Waals surface area contributed by atoms with Gasteiger partial charge >= 0.3 is 5.97 Å². The first-order chi connectivity index (χ1) is 13.2. The number of ether oxygens (including phenoxy) is 1. The van der Waals surface area contributed by atoms with Gasteiger partial charge in [0.05, 0.1) is 17.4 Å². The molecule has 0 saturated heterocycles. The smallest absolute Gasteiger partial charge is 0.338 e. The van der Waals surface area contributed by atoms with Crippen LogP contribution in [0.1, 0.15) is 16.2 Å². The van der Waals surface area contributed by atoms with Crippen molar-refractivity contribution in [1.29, 1.82) is 0 Å². The lowest BCUT2D eigenvalue weighted by Gasteiger charge is -2.04. The molecule has 0 unspecified atom stereocenters. The lowest BCUT2D eigenvalue weighted by atomic mass is 10.2. The first-order valence-electron chi connectivity index (χ1n) is 7.90. The summed E-state index contributed by atoms with van der Waals surface area (Å²) < 4.78 is 12.3. The fourth-order valence-corrected chi connectivity index (χ4v) is 2.52. The van der Waals surface area contributed by atoms with Crippen LogP contribution in [0.4, 0.5) is 0 Å². The molecule has 2 heterocycles. The van der Waals surface area contributed by atoms with Gasteiger partial charge in [-0.15, -0.1) is 5.10 Å². The predicted octanol–water partition coefficient (Wildman–Crippen LogP) is 3.33. The Morgan fingerprint density at radius 3 is 2.81 bits per heavy atom. The van der Waals surface area contributed by atoms with Gasteiger partial charge in [0, 0.05) is 10.6 Å². The van der Waals surface area contributed by atoms with Crippen LogP contribution in [0.15, 0.2) is 65.5 Å². The number of nitrogens with zero attached hydrogens (tertiary/aromatic N) is 5. The molecule has 0 bridgehead atoms. The summed E-state index contributed by atoms with van der Waals surface area (Å²) >= 11 is 5.87. The van der Waals surface area contributed by atoms with E-state index in [2.05, 4.69) is 20.5 Å². The Morgan fingerprint density at radius 2 is 2.04 bits per heavy atom. The summed E-state index contributed by atoms with van der Waals surface area (Å²) in [6.45, 7) is -0.0818. The summed E-state index contributed by atoms with van der Waals surface area (Å²) in [5, 5.41) is 11.6. The van der Waals surface area contributed by atoms with Gasteiger partial charge in [-0.25, -0.2) is 14.5 Å². The second kappa shape index (κ2) is 7.38. The van der Waals surface area contributed by atoms with Crippen LogP contribution >= 0.6 is 11.6 Å². The fourth-order valence-electron chi connectivity index (χ4n) is 2.39. The molecule has 0 N–H and O–H groups in total. The highest BCUT2D eigenvalue weighted by Crippen LogP contribution is 2.22. The van der Waals surface area contributed by atoms with Gasteiger partial charge in [-0.3, -0.25) is 0 Å². The standard InChI is InChI=1S/C18H12ClN5O3/c19-14-6-4-12(5-7-14)16-9-20-17(27-16)10-26-18(25)13-2-1-3-15(8-13)24-11-21-22-23-24/h1-9,11H,10H2. The van der Waals surface area contributed by atoms with Crippen molar-refractivity contribution in [3.05, 3.63) is 77.5 Å². The van der Waals surface area contributed by atoms with Crippen LogP contribution in [0.25, 0.3) is 17.0 Å². The average molecular weight is 382 g/mol. The molecule has 0 aliphatic heterocycles. The second-order valence-corrected chi connectivity index (χ2v) is 5.94. The van der Waals surface area contributed by atoms with Crippen molar-refractivity contribution >= 4 is 17.6 Å². The minimum Gasteiger partial charge on any atom is -0.452 e. The average Bonchev–Trinajstić information content (AvgIpc) is 3.39.